The van der Waals surface area contributed by atoms with Gasteiger partial charge in [-0.25, -0.2) is 5.43 Å². The Labute approximate surface area is 156 Å². The topological polar surface area (TPSA) is 97.7 Å². The van der Waals surface area contributed by atoms with Gasteiger partial charge in [-0.1, -0.05) is 22.0 Å². The Morgan fingerprint density at radius 2 is 1.92 bits per heavy atom. The molecule has 0 spiro atoms. The number of nitrogens with zero attached hydrogens (tertiary/aromatic N) is 2. The SMILES string of the molecule is O=C(NN=Cc1ccc(-c2ccc([N+](=O)[O-])cc2)o1)c1cccc(Br)c1. The highest BCUT2D eigenvalue weighted by Gasteiger charge is 2.08. The van der Waals surface area contributed by atoms with Crippen molar-refractivity contribution in [3.8, 4) is 11.3 Å². The maximum atomic E-state index is 12.0. The Balaban J connectivity index is 1.65. The second kappa shape index (κ2) is 7.75. The van der Waals surface area contributed by atoms with Gasteiger partial charge in [-0.3, -0.25) is 14.9 Å². The Morgan fingerprint density at radius 3 is 2.62 bits per heavy atom. The van der Waals surface area contributed by atoms with E-state index in [4.69, 9.17) is 4.42 Å². The number of hydrogen-bond acceptors (Lipinski definition) is 5. The smallest absolute Gasteiger partial charge is 0.271 e. The molecule has 0 radical (unpaired) electrons. The lowest BCUT2D eigenvalue weighted by molar-refractivity contribution is -0.384. The Morgan fingerprint density at radius 1 is 1.15 bits per heavy atom. The van der Waals surface area contributed by atoms with Crippen molar-refractivity contribution in [3.63, 3.8) is 0 Å². The molecule has 0 aliphatic carbocycles. The minimum Gasteiger partial charge on any atom is -0.455 e. The second-order valence-corrected chi connectivity index (χ2v) is 6.13. The molecule has 0 atom stereocenters. The summed E-state index contributed by atoms with van der Waals surface area (Å²) in [6.45, 7) is 0. The average molecular weight is 414 g/mol. The van der Waals surface area contributed by atoms with Crippen LogP contribution in [0.3, 0.4) is 0 Å². The fraction of sp³-hybridized carbons (Fsp3) is 0. The van der Waals surface area contributed by atoms with Gasteiger partial charge in [-0.15, -0.1) is 0 Å². The zero-order chi connectivity index (χ0) is 18.5. The van der Waals surface area contributed by atoms with Crippen LogP contribution in [0.1, 0.15) is 16.1 Å². The number of rotatable bonds is 5. The molecule has 0 bridgehead atoms. The lowest BCUT2D eigenvalue weighted by Gasteiger charge is -1.99. The molecule has 1 aromatic heterocycles. The molecule has 1 N–H and O–H groups in total. The third-order valence-electron chi connectivity index (χ3n) is 3.43. The average Bonchev–Trinajstić information content (AvgIpc) is 3.10. The number of nitro groups is 1. The lowest BCUT2D eigenvalue weighted by atomic mass is 10.1. The summed E-state index contributed by atoms with van der Waals surface area (Å²) in [5.41, 5.74) is 3.61. The number of carbonyl (C=O) groups excluding carboxylic acids is 1. The van der Waals surface area contributed by atoms with Crippen molar-refractivity contribution < 1.29 is 14.1 Å². The van der Waals surface area contributed by atoms with Crippen LogP contribution in [0.2, 0.25) is 0 Å². The highest BCUT2D eigenvalue weighted by Crippen LogP contribution is 2.24. The molecule has 7 nitrogen and oxygen atoms in total. The lowest BCUT2D eigenvalue weighted by Crippen LogP contribution is -2.17. The van der Waals surface area contributed by atoms with Crippen molar-refractivity contribution in [1.29, 1.82) is 0 Å². The minimum absolute atomic E-state index is 0.0114. The fourth-order valence-corrected chi connectivity index (χ4v) is 2.57. The number of benzene rings is 2. The van der Waals surface area contributed by atoms with E-state index in [2.05, 4.69) is 26.5 Å². The number of furan rings is 1. The number of nitro benzene ring substituents is 1. The van der Waals surface area contributed by atoms with Crippen LogP contribution in [0.15, 0.2) is 74.7 Å². The Bertz CT molecular complexity index is 980. The van der Waals surface area contributed by atoms with Crippen LogP contribution >= 0.6 is 15.9 Å². The second-order valence-electron chi connectivity index (χ2n) is 5.22. The van der Waals surface area contributed by atoms with Crippen LogP contribution in [0.5, 0.6) is 0 Å². The molecular weight excluding hydrogens is 402 g/mol. The first-order valence-corrected chi connectivity index (χ1v) is 8.26. The van der Waals surface area contributed by atoms with Gasteiger partial charge in [0.05, 0.1) is 11.1 Å². The molecule has 1 amide bonds. The number of amides is 1. The molecule has 26 heavy (non-hydrogen) atoms. The highest BCUT2D eigenvalue weighted by atomic mass is 79.9. The highest BCUT2D eigenvalue weighted by molar-refractivity contribution is 9.10. The number of hydrazone groups is 1. The van der Waals surface area contributed by atoms with E-state index in [1.165, 1.54) is 18.3 Å². The maximum Gasteiger partial charge on any atom is 0.271 e. The Hall–Kier alpha value is -3.26. The number of non-ortho nitro benzene ring substituents is 1. The molecule has 130 valence electrons. The van der Waals surface area contributed by atoms with Crippen LogP contribution in [0.4, 0.5) is 5.69 Å². The molecular formula is C18H12BrN3O4. The zero-order valence-corrected chi connectivity index (χ0v) is 14.8. The minimum atomic E-state index is -0.460. The molecule has 0 unspecified atom stereocenters. The van der Waals surface area contributed by atoms with Crippen molar-refractivity contribution in [3.05, 3.63) is 86.6 Å². The van der Waals surface area contributed by atoms with Gasteiger partial charge in [0.1, 0.15) is 11.5 Å². The quantitative estimate of drug-likeness (QED) is 0.381. The van der Waals surface area contributed by atoms with Crippen LogP contribution in [-0.2, 0) is 0 Å². The molecule has 0 saturated heterocycles. The van der Waals surface area contributed by atoms with Gasteiger partial charge in [-0.05, 0) is 42.5 Å². The normalized spacial score (nSPS) is 10.8. The van der Waals surface area contributed by atoms with Gasteiger partial charge in [-0.2, -0.15) is 5.10 Å². The molecule has 3 aromatic rings. The molecule has 8 heteroatoms. The molecule has 3 rings (SSSR count). The summed E-state index contributed by atoms with van der Waals surface area (Å²) in [6, 6.07) is 16.4. The monoisotopic (exact) mass is 413 g/mol. The summed E-state index contributed by atoms with van der Waals surface area (Å²) in [7, 11) is 0. The van der Waals surface area contributed by atoms with E-state index >= 15 is 0 Å². The van der Waals surface area contributed by atoms with Crippen molar-refractivity contribution in [2.24, 2.45) is 5.10 Å². The van der Waals surface area contributed by atoms with Crippen molar-refractivity contribution in [2.45, 2.75) is 0 Å². The number of hydrogen-bond donors (Lipinski definition) is 1. The van der Waals surface area contributed by atoms with Crippen molar-refractivity contribution in [1.82, 2.24) is 5.43 Å². The van der Waals surface area contributed by atoms with Crippen LogP contribution in [-0.4, -0.2) is 17.0 Å². The largest absolute Gasteiger partial charge is 0.455 e. The van der Waals surface area contributed by atoms with Crippen molar-refractivity contribution in [2.75, 3.05) is 0 Å². The van der Waals surface area contributed by atoms with E-state index in [0.29, 0.717) is 22.6 Å². The molecule has 0 aliphatic heterocycles. The van der Waals surface area contributed by atoms with Crippen LogP contribution in [0.25, 0.3) is 11.3 Å². The van der Waals surface area contributed by atoms with E-state index in [9.17, 15) is 14.9 Å². The third kappa shape index (κ3) is 4.22. The molecule has 1 heterocycles. The number of nitrogens with one attached hydrogen (secondary N) is 1. The first-order valence-electron chi connectivity index (χ1n) is 7.46. The number of carbonyl (C=O) groups is 1. The summed E-state index contributed by atoms with van der Waals surface area (Å²) < 4.78 is 6.40. The predicted molar refractivity (Wildman–Crippen MR) is 100 cm³/mol. The fourth-order valence-electron chi connectivity index (χ4n) is 2.17. The van der Waals surface area contributed by atoms with Gasteiger partial charge in [0, 0.05) is 27.7 Å². The van der Waals surface area contributed by atoms with Gasteiger partial charge in [0.25, 0.3) is 11.6 Å². The van der Waals surface area contributed by atoms with Gasteiger partial charge in [0.2, 0.25) is 0 Å². The summed E-state index contributed by atoms with van der Waals surface area (Å²) in [6.07, 6.45) is 1.38. The van der Waals surface area contributed by atoms with E-state index in [-0.39, 0.29) is 11.6 Å². The molecule has 2 aromatic carbocycles. The Kier molecular flexibility index (Phi) is 5.23. The zero-order valence-electron chi connectivity index (χ0n) is 13.3. The van der Waals surface area contributed by atoms with Gasteiger partial charge < -0.3 is 4.42 Å². The summed E-state index contributed by atoms with van der Waals surface area (Å²) >= 11 is 3.30. The van der Waals surface area contributed by atoms with E-state index in [1.54, 1.807) is 42.5 Å². The number of halogens is 1. The van der Waals surface area contributed by atoms with Crippen LogP contribution < -0.4 is 5.43 Å². The summed E-state index contributed by atoms with van der Waals surface area (Å²) in [4.78, 5) is 22.2. The summed E-state index contributed by atoms with van der Waals surface area (Å²) in [5, 5.41) is 14.5. The third-order valence-corrected chi connectivity index (χ3v) is 3.93. The molecule has 0 aliphatic rings. The standard InChI is InChI=1S/C18H12BrN3O4/c19-14-3-1-2-13(10-14)18(23)21-20-11-16-8-9-17(26-16)12-4-6-15(7-5-12)22(24)25/h1-11H,(H,21,23). The van der Waals surface area contributed by atoms with Gasteiger partial charge in [0.15, 0.2) is 0 Å². The molecule has 0 fully saturated rings. The predicted octanol–water partition coefficient (Wildman–Crippen LogP) is 4.38. The van der Waals surface area contributed by atoms with E-state index < -0.39 is 4.92 Å². The van der Waals surface area contributed by atoms with E-state index in [0.717, 1.165) is 4.47 Å². The first kappa shape index (κ1) is 17.6. The van der Waals surface area contributed by atoms with Crippen molar-refractivity contribution >= 4 is 33.7 Å². The van der Waals surface area contributed by atoms with Crippen LogP contribution in [0, 0.1) is 10.1 Å². The van der Waals surface area contributed by atoms with Gasteiger partial charge >= 0.3 is 0 Å². The van der Waals surface area contributed by atoms with E-state index in [1.807, 2.05) is 6.07 Å². The summed E-state index contributed by atoms with van der Waals surface area (Å²) in [5.74, 6) is 0.636. The first-order chi connectivity index (χ1) is 12.5. The molecule has 0 saturated carbocycles. The maximum absolute atomic E-state index is 12.0.